The summed E-state index contributed by atoms with van der Waals surface area (Å²) >= 11 is 0. The van der Waals surface area contributed by atoms with Gasteiger partial charge in [-0.05, 0) is 56.7 Å². The van der Waals surface area contributed by atoms with Crippen LogP contribution in [0.2, 0.25) is 0 Å². The monoisotopic (exact) mass is 189 g/mol. The van der Waals surface area contributed by atoms with E-state index in [1.54, 1.807) is 11.1 Å². The van der Waals surface area contributed by atoms with E-state index >= 15 is 0 Å². The highest BCUT2D eigenvalue weighted by atomic mass is 14.9. The number of rotatable bonds is 2. The molecule has 1 heteroatoms. The Balaban J connectivity index is 2.30. The summed E-state index contributed by atoms with van der Waals surface area (Å²) in [6, 6.07) is 7.20. The highest BCUT2D eigenvalue weighted by Crippen LogP contribution is 2.28. The van der Waals surface area contributed by atoms with Gasteiger partial charge in [0.25, 0.3) is 0 Å². The van der Waals surface area contributed by atoms with Gasteiger partial charge in [0.1, 0.15) is 0 Å². The van der Waals surface area contributed by atoms with Gasteiger partial charge in [-0.1, -0.05) is 12.1 Å². The van der Waals surface area contributed by atoms with Gasteiger partial charge >= 0.3 is 0 Å². The first-order chi connectivity index (χ1) is 6.77. The average Bonchev–Trinajstić information content (AvgIpc) is 2.18. The fourth-order valence-electron chi connectivity index (χ4n) is 2.23. The predicted octanol–water partition coefficient (Wildman–Crippen LogP) is 3.39. The van der Waals surface area contributed by atoms with Crippen molar-refractivity contribution < 1.29 is 0 Å². The lowest BCUT2D eigenvalue weighted by molar-refractivity contribution is 0.685. The van der Waals surface area contributed by atoms with Gasteiger partial charge in [0.05, 0.1) is 0 Å². The van der Waals surface area contributed by atoms with Crippen LogP contribution in [0.15, 0.2) is 18.2 Å². The molecule has 0 atom stereocenters. The van der Waals surface area contributed by atoms with Crippen LogP contribution in [0.5, 0.6) is 0 Å². The van der Waals surface area contributed by atoms with Crippen LogP contribution in [0, 0.1) is 0 Å². The molecule has 0 unspecified atom stereocenters. The molecule has 2 rings (SSSR count). The molecule has 0 aliphatic heterocycles. The lowest BCUT2D eigenvalue weighted by Gasteiger charge is -2.21. The van der Waals surface area contributed by atoms with E-state index in [9.17, 15) is 0 Å². The van der Waals surface area contributed by atoms with Crippen LogP contribution < -0.4 is 5.32 Å². The summed E-state index contributed by atoms with van der Waals surface area (Å²) in [5, 5.41) is 3.53. The molecule has 0 saturated carbocycles. The number of benzene rings is 1. The number of aryl methyl sites for hydroxylation is 1. The van der Waals surface area contributed by atoms with Gasteiger partial charge in [-0.25, -0.2) is 0 Å². The molecule has 1 aromatic carbocycles. The van der Waals surface area contributed by atoms with Gasteiger partial charge in [-0.3, -0.25) is 0 Å². The molecule has 1 aliphatic rings. The van der Waals surface area contributed by atoms with Crippen molar-refractivity contribution in [1.82, 2.24) is 0 Å². The first kappa shape index (κ1) is 9.57. The van der Waals surface area contributed by atoms with Crippen LogP contribution in [0.4, 0.5) is 5.69 Å². The summed E-state index contributed by atoms with van der Waals surface area (Å²) in [6.07, 6.45) is 5.23. The Morgan fingerprint density at radius 3 is 2.71 bits per heavy atom. The van der Waals surface area contributed by atoms with Gasteiger partial charge in [-0.2, -0.15) is 0 Å². The van der Waals surface area contributed by atoms with E-state index in [2.05, 4.69) is 37.4 Å². The van der Waals surface area contributed by atoms with Gasteiger partial charge in [-0.15, -0.1) is 0 Å². The molecule has 0 saturated heterocycles. The van der Waals surface area contributed by atoms with Crippen LogP contribution in [0.25, 0.3) is 0 Å². The van der Waals surface area contributed by atoms with Gasteiger partial charge in [0.15, 0.2) is 0 Å². The number of fused-ring (bicyclic) bond motifs is 1. The number of nitrogens with one attached hydrogen (secondary N) is 1. The van der Waals surface area contributed by atoms with Crippen LogP contribution in [-0.2, 0) is 12.8 Å². The SMILES string of the molecule is CC(C)Nc1cccc2c1CCCC2. The Morgan fingerprint density at radius 2 is 1.93 bits per heavy atom. The smallest absolute Gasteiger partial charge is 0.0377 e. The van der Waals surface area contributed by atoms with Crippen molar-refractivity contribution in [3.63, 3.8) is 0 Å². The van der Waals surface area contributed by atoms with E-state index in [0.29, 0.717) is 6.04 Å². The third-order valence-electron chi connectivity index (χ3n) is 2.84. The molecule has 0 radical (unpaired) electrons. The van der Waals surface area contributed by atoms with Crippen molar-refractivity contribution in [2.75, 3.05) is 5.32 Å². The molecule has 0 spiro atoms. The number of hydrogen-bond acceptors (Lipinski definition) is 1. The summed E-state index contributed by atoms with van der Waals surface area (Å²) in [6.45, 7) is 4.39. The molecule has 0 bridgehead atoms. The third-order valence-corrected chi connectivity index (χ3v) is 2.84. The second kappa shape index (κ2) is 4.04. The van der Waals surface area contributed by atoms with E-state index < -0.39 is 0 Å². The lowest BCUT2D eigenvalue weighted by Crippen LogP contribution is -2.14. The first-order valence-electron chi connectivity index (χ1n) is 5.64. The maximum atomic E-state index is 3.53. The molecule has 76 valence electrons. The van der Waals surface area contributed by atoms with Crippen molar-refractivity contribution in [2.45, 2.75) is 45.6 Å². The minimum Gasteiger partial charge on any atom is -0.383 e. The Kier molecular flexibility index (Phi) is 2.76. The second-order valence-electron chi connectivity index (χ2n) is 4.45. The average molecular weight is 189 g/mol. The Bertz CT molecular complexity index is 315. The van der Waals surface area contributed by atoms with Crippen molar-refractivity contribution in [3.05, 3.63) is 29.3 Å². The van der Waals surface area contributed by atoms with Crippen LogP contribution in [0.3, 0.4) is 0 Å². The molecule has 0 fully saturated rings. The lowest BCUT2D eigenvalue weighted by atomic mass is 9.90. The van der Waals surface area contributed by atoms with E-state index in [-0.39, 0.29) is 0 Å². The molecule has 0 heterocycles. The van der Waals surface area contributed by atoms with E-state index in [1.807, 2.05) is 0 Å². The van der Waals surface area contributed by atoms with Crippen LogP contribution in [0.1, 0.15) is 37.8 Å². The maximum absolute atomic E-state index is 3.53. The van der Waals surface area contributed by atoms with Crippen LogP contribution in [-0.4, -0.2) is 6.04 Å². The van der Waals surface area contributed by atoms with E-state index in [4.69, 9.17) is 0 Å². The fourth-order valence-corrected chi connectivity index (χ4v) is 2.23. The summed E-state index contributed by atoms with van der Waals surface area (Å²) in [5.74, 6) is 0. The largest absolute Gasteiger partial charge is 0.383 e. The molecular weight excluding hydrogens is 170 g/mol. The number of hydrogen-bond donors (Lipinski definition) is 1. The predicted molar refractivity (Wildman–Crippen MR) is 61.8 cm³/mol. The molecule has 0 aromatic heterocycles. The minimum atomic E-state index is 0.531. The topological polar surface area (TPSA) is 12.0 Å². The molecule has 14 heavy (non-hydrogen) atoms. The second-order valence-corrected chi connectivity index (χ2v) is 4.45. The molecule has 1 aromatic rings. The summed E-state index contributed by atoms with van der Waals surface area (Å²) in [4.78, 5) is 0. The number of anilines is 1. The van der Waals surface area contributed by atoms with Gasteiger partial charge in [0, 0.05) is 11.7 Å². The normalized spacial score (nSPS) is 15.4. The maximum Gasteiger partial charge on any atom is 0.0377 e. The zero-order valence-electron chi connectivity index (χ0n) is 9.14. The Morgan fingerprint density at radius 1 is 1.14 bits per heavy atom. The van der Waals surface area contributed by atoms with Crippen molar-refractivity contribution in [3.8, 4) is 0 Å². The van der Waals surface area contributed by atoms with E-state index in [1.165, 1.54) is 31.4 Å². The molecule has 0 amide bonds. The minimum absolute atomic E-state index is 0.531. The van der Waals surface area contributed by atoms with Gasteiger partial charge in [0.2, 0.25) is 0 Å². The van der Waals surface area contributed by atoms with Crippen molar-refractivity contribution in [2.24, 2.45) is 0 Å². The van der Waals surface area contributed by atoms with Crippen LogP contribution >= 0.6 is 0 Å². The third kappa shape index (κ3) is 1.92. The Hall–Kier alpha value is -0.980. The summed E-state index contributed by atoms with van der Waals surface area (Å²) in [5.41, 5.74) is 4.48. The highest BCUT2D eigenvalue weighted by molar-refractivity contribution is 5.56. The summed E-state index contributed by atoms with van der Waals surface area (Å²) < 4.78 is 0. The molecule has 1 aliphatic carbocycles. The first-order valence-corrected chi connectivity index (χ1v) is 5.64. The van der Waals surface area contributed by atoms with Crippen molar-refractivity contribution in [1.29, 1.82) is 0 Å². The standard InChI is InChI=1S/C13H19N/c1-10(2)14-13-9-5-7-11-6-3-4-8-12(11)13/h5,7,9-10,14H,3-4,6,8H2,1-2H3. The Labute approximate surface area is 86.5 Å². The zero-order chi connectivity index (χ0) is 9.97. The molecular formula is C13H19N. The molecule has 1 N–H and O–H groups in total. The fraction of sp³-hybridized carbons (Fsp3) is 0.538. The highest BCUT2D eigenvalue weighted by Gasteiger charge is 2.12. The quantitative estimate of drug-likeness (QED) is 0.752. The zero-order valence-corrected chi connectivity index (χ0v) is 9.14. The van der Waals surface area contributed by atoms with Gasteiger partial charge < -0.3 is 5.32 Å². The summed E-state index contributed by atoms with van der Waals surface area (Å²) in [7, 11) is 0. The molecule has 1 nitrogen and oxygen atoms in total. The van der Waals surface area contributed by atoms with E-state index in [0.717, 1.165) is 0 Å². The van der Waals surface area contributed by atoms with Crippen molar-refractivity contribution >= 4 is 5.69 Å².